The zero-order valence-corrected chi connectivity index (χ0v) is 16.1. The van der Waals surface area contributed by atoms with Crippen LogP contribution < -0.4 is 10.2 Å². The largest absolute Gasteiger partial charge is 0.369 e. The number of pyridine rings is 1. The molecule has 5 rings (SSSR count). The highest BCUT2D eigenvalue weighted by molar-refractivity contribution is 5.83. The Hall–Kier alpha value is -3.25. The van der Waals surface area contributed by atoms with Crippen LogP contribution in [0.25, 0.3) is 22.6 Å². The van der Waals surface area contributed by atoms with Crippen molar-refractivity contribution in [3.05, 3.63) is 78.2 Å². The topological polar surface area (TPSA) is 46.0 Å². The summed E-state index contributed by atoms with van der Waals surface area (Å²) in [5.74, 6) is 0.595. The van der Waals surface area contributed by atoms with Gasteiger partial charge in [0.05, 0.1) is 11.0 Å². The molecule has 6 heteroatoms. The predicted octanol–water partition coefficient (Wildman–Crippen LogP) is 3.70. The van der Waals surface area contributed by atoms with E-state index in [1.807, 2.05) is 30.3 Å². The Labute approximate surface area is 168 Å². The lowest BCUT2D eigenvalue weighted by molar-refractivity contribution is 0.589. The number of nitrogens with one attached hydrogen (secondary N) is 1. The van der Waals surface area contributed by atoms with Crippen molar-refractivity contribution in [2.24, 2.45) is 0 Å². The van der Waals surface area contributed by atoms with E-state index in [1.165, 1.54) is 17.8 Å². The van der Waals surface area contributed by atoms with Gasteiger partial charge in [0.25, 0.3) is 0 Å². The van der Waals surface area contributed by atoms with Gasteiger partial charge in [-0.2, -0.15) is 0 Å². The van der Waals surface area contributed by atoms with Crippen molar-refractivity contribution >= 4 is 16.7 Å². The molecule has 0 aliphatic carbocycles. The molecular formula is C23H22FN5. The third kappa shape index (κ3) is 3.59. The van der Waals surface area contributed by atoms with Crippen LogP contribution in [-0.4, -0.2) is 40.7 Å². The summed E-state index contributed by atoms with van der Waals surface area (Å²) in [6.45, 7) is 4.57. The first-order valence-corrected chi connectivity index (χ1v) is 9.90. The second-order valence-corrected chi connectivity index (χ2v) is 7.27. The van der Waals surface area contributed by atoms with E-state index in [0.29, 0.717) is 6.54 Å². The van der Waals surface area contributed by atoms with Gasteiger partial charge < -0.3 is 14.8 Å². The van der Waals surface area contributed by atoms with Gasteiger partial charge in [0, 0.05) is 44.6 Å². The smallest absolute Gasteiger partial charge is 0.160 e. The number of halogens is 1. The molecule has 4 aromatic rings. The Morgan fingerprint density at radius 3 is 2.55 bits per heavy atom. The first-order chi connectivity index (χ1) is 14.3. The van der Waals surface area contributed by atoms with Crippen molar-refractivity contribution in [2.75, 3.05) is 31.1 Å². The van der Waals surface area contributed by atoms with Gasteiger partial charge in [-0.05, 0) is 48.0 Å². The second-order valence-electron chi connectivity index (χ2n) is 7.27. The van der Waals surface area contributed by atoms with E-state index in [4.69, 9.17) is 4.98 Å². The summed E-state index contributed by atoms with van der Waals surface area (Å²) in [7, 11) is 0. The number of aromatic nitrogens is 3. The summed E-state index contributed by atoms with van der Waals surface area (Å²) >= 11 is 0. The van der Waals surface area contributed by atoms with E-state index in [1.54, 1.807) is 6.20 Å². The monoisotopic (exact) mass is 387 g/mol. The standard InChI is InChI=1S/C23H22FN5/c24-18-6-4-17(5-7-18)16-29-22-15-19(28-13-11-25-12-14-28)8-9-20(22)27-23(29)21-3-1-2-10-26-21/h1-10,15,25H,11-14,16H2. The van der Waals surface area contributed by atoms with E-state index in [-0.39, 0.29) is 5.82 Å². The van der Waals surface area contributed by atoms with Crippen molar-refractivity contribution in [3.63, 3.8) is 0 Å². The number of piperazine rings is 1. The molecule has 5 nitrogen and oxygen atoms in total. The summed E-state index contributed by atoms with van der Waals surface area (Å²) in [6.07, 6.45) is 1.78. The van der Waals surface area contributed by atoms with E-state index in [0.717, 1.165) is 54.3 Å². The molecule has 1 fully saturated rings. The van der Waals surface area contributed by atoms with Crippen LogP contribution in [0.1, 0.15) is 5.56 Å². The van der Waals surface area contributed by atoms with Crippen molar-refractivity contribution in [1.82, 2.24) is 19.9 Å². The minimum Gasteiger partial charge on any atom is -0.369 e. The Balaban J connectivity index is 1.63. The molecule has 1 N–H and O–H groups in total. The molecule has 0 saturated carbocycles. The summed E-state index contributed by atoms with van der Waals surface area (Å²) in [5.41, 5.74) is 5.05. The quantitative estimate of drug-likeness (QED) is 0.580. The van der Waals surface area contributed by atoms with Gasteiger partial charge in [-0.3, -0.25) is 4.98 Å². The van der Waals surface area contributed by atoms with E-state index in [9.17, 15) is 4.39 Å². The van der Waals surface area contributed by atoms with Crippen LogP contribution in [-0.2, 0) is 6.54 Å². The van der Waals surface area contributed by atoms with E-state index < -0.39 is 0 Å². The molecule has 0 spiro atoms. The summed E-state index contributed by atoms with van der Waals surface area (Å²) in [6, 6.07) is 18.9. The predicted molar refractivity (Wildman–Crippen MR) is 114 cm³/mol. The van der Waals surface area contributed by atoms with Gasteiger partial charge in [-0.25, -0.2) is 9.37 Å². The number of hydrogen-bond donors (Lipinski definition) is 1. The first-order valence-electron chi connectivity index (χ1n) is 9.90. The number of imidazole rings is 1. The molecule has 0 amide bonds. The average Bonchev–Trinajstić information content (AvgIpc) is 3.14. The van der Waals surface area contributed by atoms with E-state index in [2.05, 4.69) is 38.0 Å². The van der Waals surface area contributed by atoms with Crippen molar-refractivity contribution in [3.8, 4) is 11.5 Å². The van der Waals surface area contributed by atoms with Gasteiger partial charge in [0.1, 0.15) is 11.5 Å². The van der Waals surface area contributed by atoms with Crippen LogP contribution in [0.3, 0.4) is 0 Å². The Kier molecular flexibility index (Phi) is 4.69. The number of rotatable bonds is 4. The molecule has 0 radical (unpaired) electrons. The molecule has 2 aromatic carbocycles. The lowest BCUT2D eigenvalue weighted by Crippen LogP contribution is -2.43. The third-order valence-electron chi connectivity index (χ3n) is 5.36. The van der Waals surface area contributed by atoms with Crippen molar-refractivity contribution < 1.29 is 4.39 Å². The van der Waals surface area contributed by atoms with Gasteiger partial charge in [0.2, 0.25) is 0 Å². The molecule has 1 aliphatic heterocycles. The van der Waals surface area contributed by atoms with Crippen molar-refractivity contribution in [1.29, 1.82) is 0 Å². The minimum absolute atomic E-state index is 0.227. The maximum Gasteiger partial charge on any atom is 0.160 e. The molecule has 2 aromatic heterocycles. The number of fused-ring (bicyclic) bond motifs is 1. The lowest BCUT2D eigenvalue weighted by Gasteiger charge is -2.29. The fourth-order valence-electron chi connectivity index (χ4n) is 3.85. The summed E-state index contributed by atoms with van der Waals surface area (Å²) in [5, 5.41) is 3.40. The first kappa shape index (κ1) is 17.8. The van der Waals surface area contributed by atoms with E-state index >= 15 is 0 Å². The molecule has 0 unspecified atom stereocenters. The van der Waals surface area contributed by atoms with Crippen LogP contribution in [0.2, 0.25) is 0 Å². The highest BCUT2D eigenvalue weighted by Gasteiger charge is 2.17. The van der Waals surface area contributed by atoms with Gasteiger partial charge >= 0.3 is 0 Å². The van der Waals surface area contributed by atoms with Gasteiger partial charge in [-0.1, -0.05) is 18.2 Å². The van der Waals surface area contributed by atoms with Crippen LogP contribution in [0.5, 0.6) is 0 Å². The molecule has 29 heavy (non-hydrogen) atoms. The van der Waals surface area contributed by atoms with Crippen LogP contribution in [0.15, 0.2) is 66.9 Å². The molecule has 1 aliphatic rings. The zero-order chi connectivity index (χ0) is 19.6. The molecule has 3 heterocycles. The maximum atomic E-state index is 13.4. The Morgan fingerprint density at radius 2 is 1.79 bits per heavy atom. The van der Waals surface area contributed by atoms with Crippen LogP contribution >= 0.6 is 0 Å². The Morgan fingerprint density at radius 1 is 0.966 bits per heavy atom. The Bertz CT molecular complexity index is 1120. The third-order valence-corrected chi connectivity index (χ3v) is 5.36. The fraction of sp³-hybridized carbons (Fsp3) is 0.217. The molecule has 0 bridgehead atoms. The van der Waals surface area contributed by atoms with Gasteiger partial charge in [-0.15, -0.1) is 0 Å². The van der Waals surface area contributed by atoms with Gasteiger partial charge in [0.15, 0.2) is 5.82 Å². The summed E-state index contributed by atoms with van der Waals surface area (Å²) < 4.78 is 15.6. The SMILES string of the molecule is Fc1ccc(Cn2c(-c3ccccn3)nc3ccc(N4CCNCC4)cc32)cc1. The maximum absolute atomic E-state index is 13.4. The second kappa shape index (κ2) is 7.64. The fourth-order valence-corrected chi connectivity index (χ4v) is 3.85. The van der Waals surface area contributed by atoms with Crippen LogP contribution in [0, 0.1) is 5.82 Å². The average molecular weight is 387 g/mol. The highest BCUT2D eigenvalue weighted by atomic mass is 19.1. The lowest BCUT2D eigenvalue weighted by atomic mass is 10.2. The highest BCUT2D eigenvalue weighted by Crippen LogP contribution is 2.28. The summed E-state index contributed by atoms with van der Waals surface area (Å²) in [4.78, 5) is 11.8. The number of nitrogens with zero attached hydrogens (tertiary/aromatic N) is 4. The number of hydrogen-bond acceptors (Lipinski definition) is 4. The molecular weight excluding hydrogens is 365 g/mol. The normalized spacial score (nSPS) is 14.4. The molecule has 1 saturated heterocycles. The van der Waals surface area contributed by atoms with Crippen molar-refractivity contribution in [2.45, 2.75) is 6.54 Å². The zero-order valence-electron chi connectivity index (χ0n) is 16.1. The van der Waals surface area contributed by atoms with Crippen LogP contribution in [0.4, 0.5) is 10.1 Å². The molecule has 0 atom stereocenters. The molecule has 146 valence electrons. The minimum atomic E-state index is -0.227. The number of benzene rings is 2. The number of anilines is 1.